The van der Waals surface area contributed by atoms with Gasteiger partial charge >= 0.3 is 0 Å². The van der Waals surface area contributed by atoms with Crippen LogP contribution in [0.5, 0.6) is 0 Å². The second-order valence-corrected chi connectivity index (χ2v) is 3.49. The highest BCUT2D eigenvalue weighted by Gasteiger charge is 2.25. The monoisotopic (exact) mass is 194 g/mol. The largest absolute Gasteiger partial charge is 0.455 e. The van der Waals surface area contributed by atoms with E-state index in [4.69, 9.17) is 10.5 Å². The molecule has 2 rings (SSSR count). The number of aryl methyl sites for hydroxylation is 2. The van der Waals surface area contributed by atoms with Crippen LogP contribution >= 0.6 is 0 Å². The van der Waals surface area contributed by atoms with E-state index in [9.17, 15) is 0 Å². The molecule has 0 radical (unpaired) electrons. The van der Waals surface area contributed by atoms with Crippen molar-refractivity contribution in [3.05, 3.63) is 17.0 Å². The zero-order chi connectivity index (χ0) is 10.3. The van der Waals surface area contributed by atoms with E-state index in [1.54, 1.807) is 0 Å². The molecule has 0 fully saturated rings. The molecule has 76 valence electrons. The van der Waals surface area contributed by atoms with Crippen molar-refractivity contribution < 1.29 is 4.74 Å². The molecule has 1 aliphatic rings. The van der Waals surface area contributed by atoms with Crippen LogP contribution in [0.4, 0.5) is 0 Å². The molecule has 0 aromatic carbocycles. The molecular weight excluding hydrogens is 180 g/mol. The van der Waals surface area contributed by atoms with Gasteiger partial charge in [-0.1, -0.05) is 0 Å². The van der Waals surface area contributed by atoms with Gasteiger partial charge < -0.3 is 10.5 Å². The highest BCUT2D eigenvalue weighted by atomic mass is 16.5. The summed E-state index contributed by atoms with van der Waals surface area (Å²) in [6.45, 7) is 4.59. The van der Waals surface area contributed by atoms with Gasteiger partial charge in [0.05, 0.1) is 12.2 Å². The fourth-order valence-corrected chi connectivity index (χ4v) is 1.80. The van der Waals surface area contributed by atoms with Crippen molar-refractivity contribution in [2.75, 3.05) is 6.54 Å². The minimum absolute atomic E-state index is 0.0521. The lowest BCUT2D eigenvalue weighted by Crippen LogP contribution is -2.14. The van der Waals surface area contributed by atoms with Crippen molar-refractivity contribution >= 4 is 6.02 Å². The van der Waals surface area contributed by atoms with Crippen LogP contribution in [0.2, 0.25) is 0 Å². The number of hydrogen-bond donors (Lipinski definition) is 1. The Kier molecular flexibility index (Phi) is 1.94. The Morgan fingerprint density at radius 3 is 2.64 bits per heavy atom. The van der Waals surface area contributed by atoms with Crippen molar-refractivity contribution in [2.24, 2.45) is 17.8 Å². The third-order valence-electron chi connectivity index (χ3n) is 2.56. The summed E-state index contributed by atoms with van der Waals surface area (Å²) in [7, 11) is 1.92. The van der Waals surface area contributed by atoms with E-state index < -0.39 is 0 Å². The van der Waals surface area contributed by atoms with Gasteiger partial charge in [0.2, 0.25) is 0 Å². The van der Waals surface area contributed by atoms with Gasteiger partial charge in [0.15, 0.2) is 6.10 Å². The van der Waals surface area contributed by atoms with E-state index in [1.165, 1.54) is 0 Å². The molecule has 0 amide bonds. The average molecular weight is 194 g/mol. The average Bonchev–Trinajstić information content (AvgIpc) is 2.60. The summed E-state index contributed by atoms with van der Waals surface area (Å²) in [5, 5.41) is 4.33. The van der Waals surface area contributed by atoms with E-state index in [1.807, 2.05) is 25.6 Å². The molecular formula is C9H14N4O. The van der Waals surface area contributed by atoms with Crippen molar-refractivity contribution in [3.8, 4) is 0 Å². The number of amidine groups is 1. The zero-order valence-electron chi connectivity index (χ0n) is 8.61. The molecule has 14 heavy (non-hydrogen) atoms. The first kappa shape index (κ1) is 9.05. The minimum atomic E-state index is -0.0521. The van der Waals surface area contributed by atoms with Crippen LogP contribution in [0.3, 0.4) is 0 Å². The molecule has 2 heterocycles. The van der Waals surface area contributed by atoms with Crippen molar-refractivity contribution in [3.63, 3.8) is 0 Å². The summed E-state index contributed by atoms with van der Waals surface area (Å²) in [5.41, 5.74) is 8.67. The molecule has 1 unspecified atom stereocenters. The molecule has 1 aliphatic heterocycles. The van der Waals surface area contributed by atoms with Gasteiger partial charge in [-0.05, 0) is 13.8 Å². The molecule has 1 atom stereocenters. The second-order valence-electron chi connectivity index (χ2n) is 3.49. The van der Waals surface area contributed by atoms with E-state index in [0.717, 1.165) is 17.0 Å². The smallest absolute Gasteiger partial charge is 0.282 e. The lowest BCUT2D eigenvalue weighted by molar-refractivity contribution is 0.224. The highest BCUT2D eigenvalue weighted by molar-refractivity contribution is 5.73. The predicted molar refractivity (Wildman–Crippen MR) is 53.0 cm³/mol. The van der Waals surface area contributed by atoms with Gasteiger partial charge in [-0.15, -0.1) is 0 Å². The minimum Gasteiger partial charge on any atom is -0.455 e. The SMILES string of the molecule is Cc1nn(C)c(C)c1C1CN=C(N)O1. The van der Waals surface area contributed by atoms with Crippen molar-refractivity contribution in [1.29, 1.82) is 0 Å². The van der Waals surface area contributed by atoms with Gasteiger partial charge in [0.1, 0.15) is 0 Å². The van der Waals surface area contributed by atoms with Crippen LogP contribution in [0, 0.1) is 13.8 Å². The molecule has 1 aromatic heterocycles. The Morgan fingerprint density at radius 1 is 1.50 bits per heavy atom. The Balaban J connectivity index is 2.33. The number of rotatable bonds is 1. The van der Waals surface area contributed by atoms with Gasteiger partial charge in [-0.2, -0.15) is 5.10 Å². The molecule has 0 saturated carbocycles. The van der Waals surface area contributed by atoms with E-state index in [2.05, 4.69) is 10.1 Å². The number of aromatic nitrogens is 2. The number of nitrogens with zero attached hydrogens (tertiary/aromatic N) is 3. The summed E-state index contributed by atoms with van der Waals surface area (Å²) < 4.78 is 7.25. The number of hydrogen-bond acceptors (Lipinski definition) is 4. The second kappa shape index (κ2) is 3.01. The summed E-state index contributed by atoms with van der Waals surface area (Å²) in [5.74, 6) is 0. The van der Waals surface area contributed by atoms with E-state index in [-0.39, 0.29) is 12.1 Å². The summed E-state index contributed by atoms with van der Waals surface area (Å²) >= 11 is 0. The van der Waals surface area contributed by atoms with Crippen LogP contribution in [-0.4, -0.2) is 22.3 Å². The van der Waals surface area contributed by atoms with Crippen molar-refractivity contribution in [1.82, 2.24) is 9.78 Å². The number of aliphatic imine (C=N–C) groups is 1. The van der Waals surface area contributed by atoms with Gasteiger partial charge in [0.25, 0.3) is 6.02 Å². The Morgan fingerprint density at radius 2 is 2.21 bits per heavy atom. The molecule has 5 nitrogen and oxygen atoms in total. The molecule has 5 heteroatoms. The maximum atomic E-state index is 5.47. The van der Waals surface area contributed by atoms with Gasteiger partial charge in [-0.25, -0.2) is 4.99 Å². The summed E-state index contributed by atoms with van der Waals surface area (Å²) in [6, 6.07) is 0.276. The number of ether oxygens (including phenoxy) is 1. The quantitative estimate of drug-likeness (QED) is 0.704. The summed E-state index contributed by atoms with van der Waals surface area (Å²) in [4.78, 5) is 4.02. The Labute approximate surface area is 82.6 Å². The van der Waals surface area contributed by atoms with Crippen LogP contribution in [-0.2, 0) is 11.8 Å². The molecule has 2 N–H and O–H groups in total. The molecule has 0 aliphatic carbocycles. The van der Waals surface area contributed by atoms with Crippen LogP contribution in [0.15, 0.2) is 4.99 Å². The van der Waals surface area contributed by atoms with Crippen LogP contribution in [0.25, 0.3) is 0 Å². The number of nitrogens with two attached hydrogens (primary N) is 1. The molecule has 0 spiro atoms. The Hall–Kier alpha value is -1.52. The normalized spacial score (nSPS) is 20.8. The van der Waals surface area contributed by atoms with Crippen molar-refractivity contribution in [2.45, 2.75) is 20.0 Å². The Bertz CT molecular complexity index is 394. The maximum absolute atomic E-state index is 5.47. The van der Waals surface area contributed by atoms with Crippen LogP contribution < -0.4 is 5.73 Å². The highest BCUT2D eigenvalue weighted by Crippen LogP contribution is 2.27. The lowest BCUT2D eigenvalue weighted by atomic mass is 10.1. The third kappa shape index (κ3) is 1.25. The predicted octanol–water partition coefficient (Wildman–Crippen LogP) is 0.423. The molecule has 0 bridgehead atoms. The fourth-order valence-electron chi connectivity index (χ4n) is 1.80. The maximum Gasteiger partial charge on any atom is 0.282 e. The molecule has 0 saturated heterocycles. The standard InChI is InChI=1S/C9H14N4O/c1-5-8(6(2)13(3)12-5)7-4-11-9(10)14-7/h7H,4H2,1-3H3,(H2,10,11). The first-order chi connectivity index (χ1) is 6.59. The van der Waals surface area contributed by atoms with E-state index in [0.29, 0.717) is 6.54 Å². The topological polar surface area (TPSA) is 65.4 Å². The van der Waals surface area contributed by atoms with Gasteiger partial charge in [0, 0.05) is 18.3 Å². The third-order valence-corrected chi connectivity index (χ3v) is 2.56. The fraction of sp³-hybridized carbons (Fsp3) is 0.556. The molecule has 1 aromatic rings. The first-order valence-electron chi connectivity index (χ1n) is 4.56. The van der Waals surface area contributed by atoms with Gasteiger partial charge in [-0.3, -0.25) is 4.68 Å². The lowest BCUT2D eigenvalue weighted by Gasteiger charge is -2.10. The summed E-state index contributed by atoms with van der Waals surface area (Å²) in [6.07, 6.45) is -0.0521. The zero-order valence-corrected chi connectivity index (χ0v) is 8.61. The van der Waals surface area contributed by atoms with E-state index >= 15 is 0 Å². The van der Waals surface area contributed by atoms with Crippen LogP contribution in [0.1, 0.15) is 23.1 Å². The first-order valence-corrected chi connectivity index (χ1v) is 4.56.